The fourth-order valence-electron chi connectivity index (χ4n) is 2.41. The van der Waals surface area contributed by atoms with Gasteiger partial charge in [-0.25, -0.2) is 0 Å². The third kappa shape index (κ3) is 2.48. The second-order valence-corrected chi connectivity index (χ2v) is 5.44. The van der Waals surface area contributed by atoms with E-state index in [9.17, 15) is 9.59 Å². The quantitative estimate of drug-likeness (QED) is 0.881. The highest BCUT2D eigenvalue weighted by atomic mass is 16.2. The summed E-state index contributed by atoms with van der Waals surface area (Å²) in [5.74, 6) is -0.0553. The van der Waals surface area contributed by atoms with Gasteiger partial charge in [0.15, 0.2) is 0 Å². The summed E-state index contributed by atoms with van der Waals surface area (Å²) in [4.78, 5) is 25.8. The van der Waals surface area contributed by atoms with E-state index in [2.05, 4.69) is 5.32 Å². The lowest BCUT2D eigenvalue weighted by Crippen LogP contribution is -2.60. The first-order valence-electron chi connectivity index (χ1n) is 6.59. The Balaban J connectivity index is 2.45. The van der Waals surface area contributed by atoms with E-state index in [1.165, 1.54) is 5.56 Å². The Kier molecular flexibility index (Phi) is 3.60. The molecular weight excluding hydrogens is 240 g/mol. The number of carbonyl (C=O) groups excluding carboxylic acids is 2. The van der Waals surface area contributed by atoms with Crippen LogP contribution in [0.3, 0.4) is 0 Å². The molecule has 1 N–H and O–H groups in total. The molecule has 2 amide bonds. The van der Waals surface area contributed by atoms with Gasteiger partial charge >= 0.3 is 0 Å². The first-order valence-corrected chi connectivity index (χ1v) is 6.59. The predicted octanol–water partition coefficient (Wildman–Crippen LogP) is 1.79. The Morgan fingerprint density at radius 1 is 1.21 bits per heavy atom. The number of nitrogens with zero attached hydrogens (tertiary/aromatic N) is 1. The average molecular weight is 260 g/mol. The number of rotatable bonds is 2. The largest absolute Gasteiger partial charge is 0.345 e. The highest BCUT2D eigenvalue weighted by molar-refractivity contribution is 6.06. The molecule has 4 heteroatoms. The molecule has 1 atom stereocenters. The molecule has 1 aromatic rings. The van der Waals surface area contributed by atoms with Gasteiger partial charge in [-0.15, -0.1) is 0 Å². The summed E-state index contributed by atoms with van der Waals surface area (Å²) < 4.78 is 0. The lowest BCUT2D eigenvalue weighted by atomic mass is 9.98. The monoisotopic (exact) mass is 260 g/mol. The zero-order chi connectivity index (χ0) is 14.2. The third-order valence-electron chi connectivity index (χ3n) is 3.63. The molecule has 102 valence electrons. The topological polar surface area (TPSA) is 49.4 Å². The van der Waals surface area contributed by atoms with Gasteiger partial charge in [0.05, 0.1) is 6.54 Å². The van der Waals surface area contributed by atoms with Crippen LogP contribution in [0.5, 0.6) is 0 Å². The van der Waals surface area contributed by atoms with Crippen molar-refractivity contribution < 1.29 is 9.59 Å². The van der Waals surface area contributed by atoms with Crippen LogP contribution >= 0.6 is 0 Å². The zero-order valence-electron chi connectivity index (χ0n) is 11.9. The van der Waals surface area contributed by atoms with Crippen LogP contribution in [0.25, 0.3) is 0 Å². The summed E-state index contributed by atoms with van der Waals surface area (Å²) in [5.41, 5.74) is 3.11. The lowest BCUT2D eigenvalue weighted by Gasteiger charge is -2.37. The number of amides is 2. The maximum Gasteiger partial charge on any atom is 0.247 e. The summed E-state index contributed by atoms with van der Waals surface area (Å²) in [6.07, 6.45) is 0. The van der Waals surface area contributed by atoms with E-state index in [1.54, 1.807) is 4.90 Å². The minimum atomic E-state index is -0.427. The van der Waals surface area contributed by atoms with Gasteiger partial charge in [-0.05, 0) is 43.0 Å². The Labute approximate surface area is 113 Å². The molecule has 1 fully saturated rings. The van der Waals surface area contributed by atoms with E-state index in [0.29, 0.717) is 0 Å². The van der Waals surface area contributed by atoms with Crippen LogP contribution in [0.1, 0.15) is 25.0 Å². The Morgan fingerprint density at radius 2 is 1.89 bits per heavy atom. The summed E-state index contributed by atoms with van der Waals surface area (Å²) in [6.45, 7) is 8.03. The van der Waals surface area contributed by atoms with E-state index in [-0.39, 0.29) is 24.3 Å². The van der Waals surface area contributed by atoms with Crippen LogP contribution in [-0.4, -0.2) is 24.4 Å². The molecule has 0 spiro atoms. The van der Waals surface area contributed by atoms with Crippen molar-refractivity contribution in [3.05, 3.63) is 29.3 Å². The van der Waals surface area contributed by atoms with E-state index >= 15 is 0 Å². The molecule has 1 heterocycles. The molecule has 1 aliphatic heterocycles. The van der Waals surface area contributed by atoms with Crippen LogP contribution in [0.15, 0.2) is 18.2 Å². The van der Waals surface area contributed by atoms with Gasteiger partial charge in [-0.3, -0.25) is 14.5 Å². The standard InChI is InChI=1S/C15H20N2O2/c1-9(2)14-15(19)16-8-13(18)17(14)12-6-5-10(3)11(4)7-12/h5-7,9,14H,8H2,1-4H3,(H,16,19). The van der Waals surface area contributed by atoms with Crippen LogP contribution in [-0.2, 0) is 9.59 Å². The molecule has 0 aliphatic carbocycles. The van der Waals surface area contributed by atoms with Crippen molar-refractivity contribution in [3.63, 3.8) is 0 Å². The molecule has 0 radical (unpaired) electrons. The van der Waals surface area contributed by atoms with E-state index in [4.69, 9.17) is 0 Å². The van der Waals surface area contributed by atoms with E-state index in [1.807, 2.05) is 45.9 Å². The Bertz CT molecular complexity index is 523. The average Bonchev–Trinajstić information content (AvgIpc) is 2.35. The highest BCUT2D eigenvalue weighted by Gasteiger charge is 2.37. The summed E-state index contributed by atoms with van der Waals surface area (Å²) in [7, 11) is 0. The van der Waals surface area contributed by atoms with Gasteiger partial charge in [-0.2, -0.15) is 0 Å². The number of benzene rings is 1. The van der Waals surface area contributed by atoms with Gasteiger partial charge in [0, 0.05) is 5.69 Å². The SMILES string of the molecule is Cc1ccc(N2C(=O)CNC(=O)C2C(C)C)cc1C. The maximum atomic E-state index is 12.2. The molecule has 0 saturated carbocycles. The molecule has 4 nitrogen and oxygen atoms in total. The van der Waals surface area contributed by atoms with Gasteiger partial charge in [-0.1, -0.05) is 19.9 Å². The molecule has 0 aromatic heterocycles. The lowest BCUT2D eigenvalue weighted by molar-refractivity contribution is -0.131. The molecule has 1 aromatic carbocycles. The van der Waals surface area contributed by atoms with Crippen molar-refractivity contribution in [2.45, 2.75) is 33.7 Å². The number of aryl methyl sites for hydroxylation is 2. The van der Waals surface area contributed by atoms with Gasteiger partial charge < -0.3 is 5.32 Å². The second kappa shape index (κ2) is 5.03. The molecule has 1 aliphatic rings. The van der Waals surface area contributed by atoms with Crippen molar-refractivity contribution in [1.82, 2.24) is 5.32 Å². The Hall–Kier alpha value is -1.84. The summed E-state index contributed by atoms with van der Waals surface area (Å²) in [5, 5.41) is 2.66. The van der Waals surface area contributed by atoms with Crippen molar-refractivity contribution in [2.75, 3.05) is 11.4 Å². The van der Waals surface area contributed by atoms with E-state index in [0.717, 1.165) is 11.3 Å². The van der Waals surface area contributed by atoms with Crippen molar-refractivity contribution in [3.8, 4) is 0 Å². The van der Waals surface area contributed by atoms with Gasteiger partial charge in [0.1, 0.15) is 6.04 Å². The first-order chi connectivity index (χ1) is 8.91. The van der Waals surface area contributed by atoms with Crippen molar-refractivity contribution in [1.29, 1.82) is 0 Å². The molecule has 0 bridgehead atoms. The molecule has 2 rings (SSSR count). The third-order valence-corrected chi connectivity index (χ3v) is 3.63. The number of hydrogen-bond acceptors (Lipinski definition) is 2. The van der Waals surface area contributed by atoms with E-state index < -0.39 is 6.04 Å². The molecule has 1 saturated heterocycles. The van der Waals surface area contributed by atoms with Gasteiger partial charge in [0.2, 0.25) is 11.8 Å². The number of nitrogens with one attached hydrogen (secondary N) is 1. The van der Waals surface area contributed by atoms with Crippen molar-refractivity contribution >= 4 is 17.5 Å². The zero-order valence-corrected chi connectivity index (χ0v) is 11.9. The number of anilines is 1. The van der Waals surface area contributed by atoms with Crippen LogP contribution < -0.4 is 10.2 Å². The van der Waals surface area contributed by atoms with Crippen LogP contribution in [0, 0.1) is 19.8 Å². The van der Waals surface area contributed by atoms with Crippen LogP contribution in [0.4, 0.5) is 5.69 Å². The number of piperazine rings is 1. The second-order valence-electron chi connectivity index (χ2n) is 5.44. The minimum Gasteiger partial charge on any atom is -0.345 e. The molecule has 19 heavy (non-hydrogen) atoms. The van der Waals surface area contributed by atoms with Crippen LogP contribution in [0.2, 0.25) is 0 Å². The minimum absolute atomic E-state index is 0.0541. The normalized spacial score (nSPS) is 19.8. The fourth-order valence-corrected chi connectivity index (χ4v) is 2.41. The molecular formula is C15H20N2O2. The fraction of sp³-hybridized carbons (Fsp3) is 0.467. The Morgan fingerprint density at radius 3 is 2.47 bits per heavy atom. The van der Waals surface area contributed by atoms with Gasteiger partial charge in [0.25, 0.3) is 0 Å². The first kappa shape index (κ1) is 13.6. The summed E-state index contributed by atoms with van der Waals surface area (Å²) in [6, 6.07) is 5.44. The number of carbonyl (C=O) groups is 2. The highest BCUT2D eigenvalue weighted by Crippen LogP contribution is 2.25. The smallest absolute Gasteiger partial charge is 0.247 e. The molecule has 1 unspecified atom stereocenters. The number of hydrogen-bond donors (Lipinski definition) is 1. The maximum absolute atomic E-state index is 12.2. The summed E-state index contributed by atoms with van der Waals surface area (Å²) >= 11 is 0. The predicted molar refractivity (Wildman–Crippen MR) is 75.0 cm³/mol. The van der Waals surface area contributed by atoms with Crippen molar-refractivity contribution in [2.24, 2.45) is 5.92 Å².